The first kappa shape index (κ1) is 15.9. The molecule has 5 rings (SSSR count). The van der Waals surface area contributed by atoms with Gasteiger partial charge in [-0.05, 0) is 18.4 Å². The number of hydrogen-bond donors (Lipinski definition) is 1. The highest BCUT2D eigenvalue weighted by atomic mass is 16.2. The quantitative estimate of drug-likeness (QED) is 0.591. The Morgan fingerprint density at radius 2 is 2.07 bits per heavy atom. The average molecular weight is 361 g/mol. The van der Waals surface area contributed by atoms with Gasteiger partial charge in [-0.25, -0.2) is 15.0 Å². The first-order chi connectivity index (χ1) is 13.2. The molecule has 0 unspecified atom stereocenters. The Morgan fingerprint density at radius 1 is 1.19 bits per heavy atom. The fourth-order valence-electron chi connectivity index (χ4n) is 3.92. The van der Waals surface area contributed by atoms with Gasteiger partial charge in [0.15, 0.2) is 5.65 Å². The zero-order chi connectivity index (χ0) is 18.4. The van der Waals surface area contributed by atoms with Crippen LogP contribution in [-0.2, 0) is 0 Å². The lowest BCUT2D eigenvalue weighted by atomic mass is 9.86. The first-order valence-electron chi connectivity index (χ1n) is 9.07. The topological polar surface area (TPSA) is 92.1 Å². The molecule has 27 heavy (non-hydrogen) atoms. The van der Waals surface area contributed by atoms with Crippen molar-refractivity contribution in [1.82, 2.24) is 34.2 Å². The molecule has 1 N–H and O–H groups in total. The summed E-state index contributed by atoms with van der Waals surface area (Å²) in [4.78, 5) is 35.2. The zero-order valence-electron chi connectivity index (χ0n) is 14.9. The van der Waals surface area contributed by atoms with Crippen LogP contribution in [0.4, 0.5) is 0 Å². The smallest absolute Gasteiger partial charge is 0.274 e. The fourth-order valence-corrected chi connectivity index (χ4v) is 3.92. The Labute approximate surface area is 155 Å². The molecule has 1 aliphatic rings. The maximum absolute atomic E-state index is 12.8. The normalized spacial score (nSPS) is 20.4. The van der Waals surface area contributed by atoms with Crippen molar-refractivity contribution in [1.29, 1.82) is 0 Å². The summed E-state index contributed by atoms with van der Waals surface area (Å²) in [5.74, 6) is 1.46. The van der Waals surface area contributed by atoms with Gasteiger partial charge < -0.3 is 9.88 Å². The van der Waals surface area contributed by atoms with Gasteiger partial charge >= 0.3 is 0 Å². The van der Waals surface area contributed by atoms with Crippen molar-refractivity contribution in [2.45, 2.75) is 19.3 Å². The summed E-state index contributed by atoms with van der Waals surface area (Å²) < 4.78 is 2.15. The summed E-state index contributed by atoms with van der Waals surface area (Å²) in [5, 5.41) is 0. The fraction of sp³-hybridized carbons (Fsp3) is 0.316. The number of aromatic amines is 1. The second-order valence-electron chi connectivity index (χ2n) is 7.06. The van der Waals surface area contributed by atoms with E-state index in [1.54, 1.807) is 12.4 Å². The largest absolute Gasteiger partial charge is 0.345 e. The number of piperidine rings is 1. The van der Waals surface area contributed by atoms with Crippen LogP contribution in [-0.4, -0.2) is 53.2 Å². The van der Waals surface area contributed by atoms with E-state index in [2.05, 4.69) is 31.3 Å². The van der Waals surface area contributed by atoms with Crippen LogP contribution < -0.4 is 0 Å². The minimum atomic E-state index is -0.0747. The highest BCUT2D eigenvalue weighted by Gasteiger charge is 2.33. The number of imidazole rings is 1. The van der Waals surface area contributed by atoms with Crippen LogP contribution in [0.25, 0.3) is 16.7 Å². The number of H-pyrrole nitrogens is 1. The van der Waals surface area contributed by atoms with Crippen molar-refractivity contribution >= 4 is 22.6 Å². The van der Waals surface area contributed by atoms with E-state index >= 15 is 0 Å². The lowest BCUT2D eigenvalue weighted by Crippen LogP contribution is -2.43. The van der Waals surface area contributed by atoms with E-state index in [-0.39, 0.29) is 11.8 Å². The van der Waals surface area contributed by atoms with E-state index in [1.165, 1.54) is 6.20 Å². The van der Waals surface area contributed by atoms with Crippen LogP contribution in [0.3, 0.4) is 0 Å². The van der Waals surface area contributed by atoms with Crippen molar-refractivity contribution < 1.29 is 4.79 Å². The molecule has 1 fully saturated rings. The highest BCUT2D eigenvalue weighted by molar-refractivity contribution is 5.92. The summed E-state index contributed by atoms with van der Waals surface area (Å²) >= 11 is 0. The molecule has 0 aromatic carbocycles. The van der Waals surface area contributed by atoms with Gasteiger partial charge in [0.1, 0.15) is 11.5 Å². The molecule has 0 bridgehead atoms. The Bertz CT molecular complexity index is 1120. The molecule has 0 aliphatic carbocycles. The van der Waals surface area contributed by atoms with E-state index < -0.39 is 0 Å². The number of nitrogens with zero attached hydrogens (tertiary/aromatic N) is 6. The summed E-state index contributed by atoms with van der Waals surface area (Å²) in [5.41, 5.74) is 3.18. The molecular weight excluding hydrogens is 342 g/mol. The molecule has 1 saturated heterocycles. The Kier molecular flexibility index (Phi) is 3.63. The highest BCUT2D eigenvalue weighted by Crippen LogP contribution is 2.33. The monoisotopic (exact) mass is 361 g/mol. The van der Waals surface area contributed by atoms with Gasteiger partial charge in [-0.15, -0.1) is 0 Å². The third-order valence-electron chi connectivity index (χ3n) is 5.45. The van der Waals surface area contributed by atoms with Crippen LogP contribution in [0.5, 0.6) is 0 Å². The van der Waals surface area contributed by atoms with Gasteiger partial charge in [-0.3, -0.25) is 14.2 Å². The van der Waals surface area contributed by atoms with E-state index in [1.807, 2.05) is 29.6 Å². The average Bonchev–Trinajstić information content (AvgIpc) is 3.35. The van der Waals surface area contributed by atoms with Gasteiger partial charge in [0, 0.05) is 37.6 Å². The van der Waals surface area contributed by atoms with Crippen LogP contribution in [0.1, 0.15) is 35.6 Å². The predicted octanol–water partition coefficient (Wildman–Crippen LogP) is 2.27. The number of likely N-dealkylation sites (tertiary alicyclic amines) is 1. The number of hydrogen-bond acceptors (Lipinski definition) is 5. The lowest BCUT2D eigenvalue weighted by molar-refractivity contribution is 0.0658. The molecule has 8 nitrogen and oxygen atoms in total. The Morgan fingerprint density at radius 3 is 2.93 bits per heavy atom. The Hall–Kier alpha value is -3.29. The number of rotatable bonds is 2. The van der Waals surface area contributed by atoms with E-state index in [4.69, 9.17) is 4.98 Å². The molecule has 8 heteroatoms. The van der Waals surface area contributed by atoms with Crippen LogP contribution in [0, 0.1) is 5.92 Å². The molecule has 0 saturated carbocycles. The number of carbonyl (C=O) groups excluding carboxylic acids is 1. The van der Waals surface area contributed by atoms with Crippen molar-refractivity contribution in [2.24, 2.45) is 5.92 Å². The molecule has 1 amide bonds. The van der Waals surface area contributed by atoms with E-state index in [9.17, 15) is 4.79 Å². The maximum Gasteiger partial charge on any atom is 0.274 e. The first-order valence-corrected chi connectivity index (χ1v) is 9.07. The molecular formula is C19H19N7O. The number of nitrogens with one attached hydrogen (secondary N) is 1. The van der Waals surface area contributed by atoms with E-state index in [0.29, 0.717) is 18.2 Å². The van der Waals surface area contributed by atoms with Crippen LogP contribution >= 0.6 is 0 Å². The molecule has 2 atom stereocenters. The van der Waals surface area contributed by atoms with Crippen LogP contribution in [0.2, 0.25) is 0 Å². The minimum absolute atomic E-state index is 0.0747. The van der Waals surface area contributed by atoms with Crippen molar-refractivity contribution in [3.63, 3.8) is 0 Å². The summed E-state index contributed by atoms with van der Waals surface area (Å²) in [6.45, 7) is 3.56. The van der Waals surface area contributed by atoms with E-state index in [0.717, 1.165) is 35.5 Å². The molecule has 5 heterocycles. The molecule has 1 aliphatic heterocycles. The van der Waals surface area contributed by atoms with Crippen molar-refractivity contribution in [2.75, 3.05) is 13.1 Å². The standard InChI is InChI=1S/C19H19N7O/c1-12-3-7-25(19(27)15-10-20-5-6-21-15)11-14(12)18-24-9-13-8-23-17-16(26(13)18)2-4-22-17/h2,4-6,8-10,12,14,22H,3,7,11H2,1H3/t12-,14+/m0/s1. The second kappa shape index (κ2) is 6.15. The minimum Gasteiger partial charge on any atom is -0.345 e. The maximum atomic E-state index is 12.8. The molecule has 0 spiro atoms. The SMILES string of the molecule is C[C@H]1CCN(C(=O)c2cnccn2)C[C@H]1c1ncc2cnc3[nH]ccc3n12. The second-order valence-corrected chi connectivity index (χ2v) is 7.06. The van der Waals surface area contributed by atoms with Gasteiger partial charge in [0.2, 0.25) is 0 Å². The zero-order valence-corrected chi connectivity index (χ0v) is 14.9. The van der Waals surface area contributed by atoms with Crippen LogP contribution in [0.15, 0.2) is 43.2 Å². The van der Waals surface area contributed by atoms with Crippen molar-refractivity contribution in [3.8, 4) is 0 Å². The third kappa shape index (κ3) is 2.56. The molecule has 4 aromatic heterocycles. The van der Waals surface area contributed by atoms with Gasteiger partial charge in [-0.1, -0.05) is 6.92 Å². The van der Waals surface area contributed by atoms with Gasteiger partial charge in [-0.2, -0.15) is 0 Å². The number of fused-ring (bicyclic) bond motifs is 3. The Balaban J connectivity index is 1.53. The number of amides is 1. The summed E-state index contributed by atoms with van der Waals surface area (Å²) in [6.07, 6.45) is 11.1. The summed E-state index contributed by atoms with van der Waals surface area (Å²) in [6, 6.07) is 2.01. The van der Waals surface area contributed by atoms with Crippen molar-refractivity contribution in [3.05, 3.63) is 54.8 Å². The lowest BCUT2D eigenvalue weighted by Gasteiger charge is -2.36. The summed E-state index contributed by atoms with van der Waals surface area (Å²) in [7, 11) is 0. The van der Waals surface area contributed by atoms with Gasteiger partial charge in [0.05, 0.1) is 29.6 Å². The molecule has 0 radical (unpaired) electrons. The number of carbonyl (C=O) groups is 1. The molecule has 4 aromatic rings. The predicted molar refractivity (Wildman–Crippen MR) is 99.3 cm³/mol. The van der Waals surface area contributed by atoms with Gasteiger partial charge in [0.25, 0.3) is 5.91 Å². The number of aromatic nitrogens is 6. The molecule has 136 valence electrons. The third-order valence-corrected chi connectivity index (χ3v) is 5.45.